The summed E-state index contributed by atoms with van der Waals surface area (Å²) in [4.78, 5) is 23.5. The van der Waals surface area contributed by atoms with E-state index < -0.39 is 18.1 Å². The second-order valence-electron chi connectivity index (χ2n) is 5.51. The molecule has 0 radical (unpaired) electrons. The molecule has 2 aromatic carbocycles. The summed E-state index contributed by atoms with van der Waals surface area (Å²) in [5, 5.41) is 11.9. The first-order valence-corrected chi connectivity index (χ1v) is 7.87. The molecule has 2 aromatic rings. The third-order valence-corrected chi connectivity index (χ3v) is 3.64. The van der Waals surface area contributed by atoms with Crippen LogP contribution in [-0.2, 0) is 9.59 Å². The van der Waals surface area contributed by atoms with Gasteiger partial charge in [0.15, 0.2) is 6.10 Å². The molecule has 0 saturated carbocycles. The minimum Gasteiger partial charge on any atom is -0.497 e. The van der Waals surface area contributed by atoms with Crippen LogP contribution in [0.15, 0.2) is 54.6 Å². The van der Waals surface area contributed by atoms with Gasteiger partial charge in [-0.05, 0) is 36.8 Å². The minimum absolute atomic E-state index is 0.226. The zero-order chi connectivity index (χ0) is 18.2. The summed E-state index contributed by atoms with van der Waals surface area (Å²) in [5.41, 5.74) is 0.684. The monoisotopic (exact) mass is 343 g/mol. The molecule has 0 aliphatic heterocycles. The molecule has 0 bridgehead atoms. The number of para-hydroxylation sites is 1. The minimum atomic E-state index is -1.00. The second-order valence-corrected chi connectivity index (χ2v) is 5.51. The fourth-order valence-electron chi connectivity index (χ4n) is 2.31. The zero-order valence-corrected chi connectivity index (χ0v) is 14.1. The Labute approximate surface area is 146 Å². The Morgan fingerprint density at radius 3 is 2.24 bits per heavy atom. The fraction of sp³-hybridized carbons (Fsp3) is 0.263. The molecule has 132 valence electrons. The number of ether oxygens (including phenoxy) is 2. The van der Waals surface area contributed by atoms with E-state index in [1.165, 1.54) is 0 Å². The van der Waals surface area contributed by atoms with Crippen LogP contribution < -0.4 is 14.8 Å². The number of methoxy groups -OCH3 is 1. The van der Waals surface area contributed by atoms with Crippen LogP contribution in [-0.4, -0.2) is 30.2 Å². The number of carboxylic acids is 1. The summed E-state index contributed by atoms with van der Waals surface area (Å²) >= 11 is 0. The van der Waals surface area contributed by atoms with Gasteiger partial charge in [0.25, 0.3) is 5.91 Å². The molecule has 0 aromatic heterocycles. The van der Waals surface area contributed by atoms with E-state index in [0.29, 0.717) is 17.1 Å². The molecular weight excluding hydrogens is 322 g/mol. The summed E-state index contributed by atoms with van der Waals surface area (Å²) in [6.45, 7) is 1.62. The van der Waals surface area contributed by atoms with Crippen molar-refractivity contribution < 1.29 is 24.2 Å². The van der Waals surface area contributed by atoms with Crippen LogP contribution in [0, 0.1) is 0 Å². The van der Waals surface area contributed by atoms with Crippen LogP contribution in [0.5, 0.6) is 11.5 Å². The van der Waals surface area contributed by atoms with E-state index in [1.807, 2.05) is 18.2 Å². The lowest BCUT2D eigenvalue weighted by molar-refractivity contribution is -0.138. The molecule has 1 amide bonds. The molecule has 2 rings (SSSR count). The lowest BCUT2D eigenvalue weighted by atomic mass is 10.0. The quantitative estimate of drug-likeness (QED) is 0.770. The predicted octanol–water partition coefficient (Wildman–Crippen LogP) is 2.79. The fourth-order valence-corrected chi connectivity index (χ4v) is 2.31. The maximum absolute atomic E-state index is 12.4. The Hall–Kier alpha value is -3.02. The van der Waals surface area contributed by atoms with Crippen molar-refractivity contribution in [3.63, 3.8) is 0 Å². The molecule has 0 saturated heterocycles. The molecule has 0 fully saturated rings. The summed E-state index contributed by atoms with van der Waals surface area (Å²) in [5.74, 6) is -0.155. The van der Waals surface area contributed by atoms with Crippen molar-refractivity contribution in [2.45, 2.75) is 25.5 Å². The Morgan fingerprint density at radius 2 is 1.68 bits per heavy atom. The van der Waals surface area contributed by atoms with Gasteiger partial charge >= 0.3 is 5.97 Å². The molecule has 0 aliphatic rings. The van der Waals surface area contributed by atoms with E-state index in [0.717, 1.165) is 0 Å². The molecule has 2 atom stereocenters. The Morgan fingerprint density at radius 1 is 1.04 bits per heavy atom. The molecule has 0 heterocycles. The number of aliphatic carboxylic acids is 1. The highest BCUT2D eigenvalue weighted by Gasteiger charge is 2.22. The van der Waals surface area contributed by atoms with Gasteiger partial charge in [-0.15, -0.1) is 0 Å². The van der Waals surface area contributed by atoms with E-state index in [4.69, 9.17) is 14.6 Å². The van der Waals surface area contributed by atoms with Gasteiger partial charge in [0.1, 0.15) is 11.5 Å². The third-order valence-electron chi connectivity index (χ3n) is 3.64. The zero-order valence-electron chi connectivity index (χ0n) is 14.1. The van der Waals surface area contributed by atoms with Gasteiger partial charge in [-0.25, -0.2) is 0 Å². The van der Waals surface area contributed by atoms with Crippen molar-refractivity contribution in [3.8, 4) is 11.5 Å². The van der Waals surface area contributed by atoms with E-state index in [9.17, 15) is 9.59 Å². The number of carboxylic acid groups (broad SMARTS) is 1. The lowest BCUT2D eigenvalue weighted by Gasteiger charge is -2.21. The molecule has 25 heavy (non-hydrogen) atoms. The van der Waals surface area contributed by atoms with Crippen molar-refractivity contribution in [2.24, 2.45) is 0 Å². The normalized spacial score (nSPS) is 12.7. The molecule has 2 N–H and O–H groups in total. The van der Waals surface area contributed by atoms with Crippen LogP contribution in [0.3, 0.4) is 0 Å². The van der Waals surface area contributed by atoms with Gasteiger partial charge in [-0.2, -0.15) is 0 Å². The van der Waals surface area contributed by atoms with Crippen LogP contribution in [0.4, 0.5) is 0 Å². The van der Waals surface area contributed by atoms with Gasteiger partial charge in [-0.1, -0.05) is 30.3 Å². The Bertz CT molecular complexity index is 700. The number of nitrogens with one attached hydrogen (secondary N) is 1. The van der Waals surface area contributed by atoms with E-state index in [2.05, 4.69) is 5.32 Å². The van der Waals surface area contributed by atoms with E-state index >= 15 is 0 Å². The number of carbonyl (C=O) groups is 2. The average molecular weight is 343 g/mol. The van der Waals surface area contributed by atoms with Gasteiger partial charge in [-0.3, -0.25) is 9.59 Å². The van der Waals surface area contributed by atoms with Crippen LogP contribution in [0.2, 0.25) is 0 Å². The first-order valence-electron chi connectivity index (χ1n) is 7.87. The number of benzene rings is 2. The largest absolute Gasteiger partial charge is 0.497 e. The Kier molecular flexibility index (Phi) is 6.39. The number of carbonyl (C=O) groups excluding carboxylic acids is 1. The molecule has 0 spiro atoms. The lowest BCUT2D eigenvalue weighted by Crippen LogP contribution is -2.39. The summed E-state index contributed by atoms with van der Waals surface area (Å²) in [6.07, 6.45) is -0.979. The average Bonchev–Trinajstić information content (AvgIpc) is 2.61. The number of rotatable bonds is 8. The van der Waals surface area contributed by atoms with Crippen LogP contribution in [0.25, 0.3) is 0 Å². The van der Waals surface area contributed by atoms with Crippen molar-refractivity contribution in [2.75, 3.05) is 7.11 Å². The van der Waals surface area contributed by atoms with E-state index in [-0.39, 0.29) is 12.3 Å². The highest BCUT2D eigenvalue weighted by Crippen LogP contribution is 2.21. The number of hydrogen-bond donors (Lipinski definition) is 2. The summed E-state index contributed by atoms with van der Waals surface area (Å²) < 4.78 is 10.7. The molecular formula is C19H21NO5. The number of amides is 1. The van der Waals surface area contributed by atoms with Crippen molar-refractivity contribution >= 4 is 11.9 Å². The molecule has 6 heteroatoms. The maximum Gasteiger partial charge on any atom is 0.305 e. The van der Waals surface area contributed by atoms with Crippen molar-refractivity contribution in [3.05, 3.63) is 60.2 Å². The standard InChI is InChI=1S/C19H21NO5/c1-13(25-16-6-4-3-5-7-16)19(23)20-17(12-18(21)22)14-8-10-15(24-2)11-9-14/h3-11,13,17H,12H2,1-2H3,(H,20,23)(H,21,22)/t13-,17+/m0/s1. The van der Waals surface area contributed by atoms with E-state index in [1.54, 1.807) is 50.4 Å². The highest BCUT2D eigenvalue weighted by atomic mass is 16.5. The van der Waals surface area contributed by atoms with Gasteiger partial charge in [0.05, 0.1) is 19.6 Å². The second kappa shape index (κ2) is 8.73. The smallest absolute Gasteiger partial charge is 0.305 e. The van der Waals surface area contributed by atoms with Gasteiger partial charge in [0.2, 0.25) is 0 Å². The van der Waals surface area contributed by atoms with Crippen molar-refractivity contribution in [1.29, 1.82) is 0 Å². The third kappa shape index (κ3) is 5.53. The summed E-state index contributed by atoms with van der Waals surface area (Å²) in [6, 6.07) is 15.2. The SMILES string of the molecule is COc1ccc([C@@H](CC(=O)O)NC(=O)[C@H](C)Oc2ccccc2)cc1. The Balaban J connectivity index is 2.07. The van der Waals surface area contributed by atoms with Crippen LogP contribution >= 0.6 is 0 Å². The van der Waals surface area contributed by atoms with Gasteiger partial charge in [0, 0.05) is 0 Å². The van der Waals surface area contributed by atoms with Crippen molar-refractivity contribution in [1.82, 2.24) is 5.32 Å². The highest BCUT2D eigenvalue weighted by molar-refractivity contribution is 5.82. The molecule has 0 aliphatic carbocycles. The first kappa shape index (κ1) is 18.3. The molecule has 0 unspecified atom stereocenters. The molecule has 6 nitrogen and oxygen atoms in total. The van der Waals surface area contributed by atoms with Crippen LogP contribution in [0.1, 0.15) is 24.9 Å². The number of hydrogen-bond acceptors (Lipinski definition) is 4. The predicted molar refractivity (Wildman–Crippen MR) is 92.7 cm³/mol. The topological polar surface area (TPSA) is 84.9 Å². The summed E-state index contributed by atoms with van der Waals surface area (Å²) in [7, 11) is 1.55. The maximum atomic E-state index is 12.4. The first-order chi connectivity index (χ1) is 12.0. The van der Waals surface area contributed by atoms with Gasteiger partial charge < -0.3 is 19.9 Å².